The van der Waals surface area contributed by atoms with E-state index in [0.717, 1.165) is 0 Å². The van der Waals surface area contributed by atoms with Crippen LogP contribution >= 0.6 is 15.9 Å². The fraction of sp³-hybridized carbons (Fsp3) is 0.176. The number of fused-ring (bicyclic) bond motifs is 1. The molecular formula is C17H14BrNO4. The zero-order valence-corrected chi connectivity index (χ0v) is 14.0. The molecule has 0 fully saturated rings. The predicted molar refractivity (Wildman–Crippen MR) is 89.5 cm³/mol. The zero-order chi connectivity index (χ0) is 16.4. The number of Topliss-reactive ketones (excluding diaryl/α,β-unsaturated/α-hetero) is 1. The third-order valence-corrected chi connectivity index (χ3v) is 4.08. The van der Waals surface area contributed by atoms with Gasteiger partial charge in [-0.15, -0.1) is 0 Å². The summed E-state index contributed by atoms with van der Waals surface area (Å²) in [6.07, 6.45) is 0. The molecule has 118 valence electrons. The lowest BCUT2D eigenvalue weighted by molar-refractivity contribution is 0.101. The molecule has 0 aromatic heterocycles. The molecule has 0 spiro atoms. The van der Waals surface area contributed by atoms with Crippen LogP contribution in [0.5, 0.6) is 11.5 Å². The van der Waals surface area contributed by atoms with Crippen molar-refractivity contribution in [1.82, 2.24) is 0 Å². The first-order chi connectivity index (χ1) is 11.0. The Morgan fingerprint density at radius 2 is 1.65 bits per heavy atom. The standard InChI is InChI=1S/C17H14BrNO4/c1-10(20)11-2-4-12(5-3-11)19-17(21)13-8-15-16(9-14(13)18)23-7-6-22-15/h2-5,8-9H,6-7H2,1H3,(H,19,21). The van der Waals surface area contributed by atoms with E-state index in [9.17, 15) is 9.59 Å². The Morgan fingerprint density at radius 3 is 2.26 bits per heavy atom. The summed E-state index contributed by atoms with van der Waals surface area (Å²) in [6, 6.07) is 10.1. The maximum Gasteiger partial charge on any atom is 0.256 e. The quantitative estimate of drug-likeness (QED) is 0.831. The van der Waals surface area contributed by atoms with Crippen LogP contribution in [0, 0.1) is 0 Å². The van der Waals surface area contributed by atoms with Gasteiger partial charge in [-0.25, -0.2) is 0 Å². The molecule has 1 aliphatic heterocycles. The summed E-state index contributed by atoms with van der Waals surface area (Å²) in [4.78, 5) is 23.7. The number of carbonyl (C=O) groups is 2. The zero-order valence-electron chi connectivity index (χ0n) is 12.4. The van der Waals surface area contributed by atoms with E-state index in [1.165, 1.54) is 6.92 Å². The predicted octanol–water partition coefficient (Wildman–Crippen LogP) is 3.68. The maximum absolute atomic E-state index is 12.4. The second-order valence-corrected chi connectivity index (χ2v) is 5.92. The van der Waals surface area contributed by atoms with E-state index in [1.807, 2.05) is 0 Å². The highest BCUT2D eigenvalue weighted by atomic mass is 79.9. The van der Waals surface area contributed by atoms with Gasteiger partial charge in [0.05, 0.1) is 5.56 Å². The van der Waals surface area contributed by atoms with E-state index in [4.69, 9.17) is 9.47 Å². The molecule has 3 rings (SSSR count). The number of carbonyl (C=O) groups excluding carboxylic acids is 2. The van der Waals surface area contributed by atoms with Gasteiger partial charge in [0, 0.05) is 15.7 Å². The van der Waals surface area contributed by atoms with Crippen LogP contribution in [0.15, 0.2) is 40.9 Å². The Morgan fingerprint density at radius 1 is 1.04 bits per heavy atom. The normalized spacial score (nSPS) is 12.6. The molecule has 0 bridgehead atoms. The minimum Gasteiger partial charge on any atom is -0.486 e. The first-order valence-corrected chi connectivity index (χ1v) is 7.85. The Balaban J connectivity index is 1.81. The topological polar surface area (TPSA) is 64.6 Å². The number of ether oxygens (including phenoxy) is 2. The van der Waals surface area contributed by atoms with Crippen LogP contribution in [0.25, 0.3) is 0 Å². The fourth-order valence-electron chi connectivity index (χ4n) is 2.22. The molecule has 1 amide bonds. The molecule has 0 saturated heterocycles. The molecular weight excluding hydrogens is 362 g/mol. The summed E-state index contributed by atoms with van der Waals surface area (Å²) < 4.78 is 11.6. The molecule has 1 N–H and O–H groups in total. The van der Waals surface area contributed by atoms with E-state index in [0.29, 0.717) is 46.0 Å². The Hall–Kier alpha value is -2.34. The van der Waals surface area contributed by atoms with Crippen molar-refractivity contribution in [2.24, 2.45) is 0 Å². The van der Waals surface area contributed by atoms with Crippen LogP contribution < -0.4 is 14.8 Å². The molecule has 1 heterocycles. The Bertz CT molecular complexity index is 771. The summed E-state index contributed by atoms with van der Waals surface area (Å²) in [5, 5.41) is 2.80. The van der Waals surface area contributed by atoms with Crippen molar-refractivity contribution < 1.29 is 19.1 Å². The van der Waals surface area contributed by atoms with Crippen molar-refractivity contribution in [1.29, 1.82) is 0 Å². The van der Waals surface area contributed by atoms with Crippen molar-refractivity contribution >= 4 is 33.3 Å². The molecule has 0 radical (unpaired) electrons. The summed E-state index contributed by atoms with van der Waals surface area (Å²) in [5.74, 6) is 0.879. The van der Waals surface area contributed by atoms with Crippen molar-refractivity contribution in [2.45, 2.75) is 6.92 Å². The van der Waals surface area contributed by atoms with Gasteiger partial charge in [-0.2, -0.15) is 0 Å². The van der Waals surface area contributed by atoms with E-state index in [1.54, 1.807) is 36.4 Å². The summed E-state index contributed by atoms with van der Waals surface area (Å²) in [6.45, 7) is 2.45. The van der Waals surface area contributed by atoms with Crippen LogP contribution in [0.2, 0.25) is 0 Å². The molecule has 0 saturated carbocycles. The third-order valence-electron chi connectivity index (χ3n) is 3.43. The Labute approximate surface area is 141 Å². The van der Waals surface area contributed by atoms with Crippen LogP contribution in [0.1, 0.15) is 27.6 Å². The van der Waals surface area contributed by atoms with Gasteiger partial charge in [0.2, 0.25) is 0 Å². The molecule has 6 heteroatoms. The number of hydrogen-bond acceptors (Lipinski definition) is 4. The van der Waals surface area contributed by atoms with Crippen molar-refractivity contribution in [3.8, 4) is 11.5 Å². The average molecular weight is 376 g/mol. The highest BCUT2D eigenvalue weighted by molar-refractivity contribution is 9.10. The Kier molecular flexibility index (Phi) is 4.34. The van der Waals surface area contributed by atoms with Gasteiger partial charge in [0.15, 0.2) is 17.3 Å². The molecule has 0 unspecified atom stereocenters. The van der Waals surface area contributed by atoms with Crippen LogP contribution in [0.4, 0.5) is 5.69 Å². The summed E-state index contributed by atoms with van der Waals surface area (Å²) in [5.41, 5.74) is 1.66. The van der Waals surface area contributed by atoms with Gasteiger partial charge < -0.3 is 14.8 Å². The fourth-order valence-corrected chi connectivity index (χ4v) is 2.73. The average Bonchev–Trinajstić information content (AvgIpc) is 2.54. The van der Waals surface area contributed by atoms with Crippen LogP contribution in [0.3, 0.4) is 0 Å². The highest BCUT2D eigenvalue weighted by Crippen LogP contribution is 2.35. The van der Waals surface area contributed by atoms with Gasteiger partial charge in [-0.1, -0.05) is 0 Å². The second kappa shape index (κ2) is 6.42. The highest BCUT2D eigenvalue weighted by Gasteiger charge is 2.18. The first kappa shape index (κ1) is 15.6. The molecule has 0 aliphatic carbocycles. The van der Waals surface area contributed by atoms with Crippen molar-refractivity contribution in [2.75, 3.05) is 18.5 Å². The number of nitrogens with one attached hydrogen (secondary N) is 1. The minimum atomic E-state index is -0.274. The first-order valence-electron chi connectivity index (χ1n) is 7.06. The van der Waals surface area contributed by atoms with E-state index in [2.05, 4.69) is 21.2 Å². The van der Waals surface area contributed by atoms with Crippen LogP contribution in [-0.4, -0.2) is 24.9 Å². The lowest BCUT2D eigenvalue weighted by atomic mass is 10.1. The van der Waals surface area contributed by atoms with Gasteiger partial charge in [-0.05, 0) is 59.3 Å². The van der Waals surface area contributed by atoms with E-state index < -0.39 is 0 Å². The SMILES string of the molecule is CC(=O)c1ccc(NC(=O)c2cc3c(cc2Br)OCCO3)cc1. The van der Waals surface area contributed by atoms with Gasteiger partial charge in [-0.3, -0.25) is 9.59 Å². The van der Waals surface area contributed by atoms with Gasteiger partial charge in [0.25, 0.3) is 5.91 Å². The third kappa shape index (κ3) is 3.37. The van der Waals surface area contributed by atoms with Crippen molar-refractivity contribution in [3.63, 3.8) is 0 Å². The number of amides is 1. The monoisotopic (exact) mass is 375 g/mol. The molecule has 2 aromatic rings. The number of anilines is 1. The largest absolute Gasteiger partial charge is 0.486 e. The summed E-state index contributed by atoms with van der Waals surface area (Å²) >= 11 is 3.38. The van der Waals surface area contributed by atoms with E-state index >= 15 is 0 Å². The van der Waals surface area contributed by atoms with Gasteiger partial charge in [0.1, 0.15) is 13.2 Å². The number of rotatable bonds is 3. The molecule has 0 atom stereocenters. The summed E-state index contributed by atoms with van der Waals surface area (Å²) in [7, 11) is 0. The smallest absolute Gasteiger partial charge is 0.256 e. The molecule has 1 aliphatic rings. The van der Waals surface area contributed by atoms with Gasteiger partial charge >= 0.3 is 0 Å². The molecule has 23 heavy (non-hydrogen) atoms. The second-order valence-electron chi connectivity index (χ2n) is 5.06. The number of halogens is 1. The van der Waals surface area contributed by atoms with E-state index in [-0.39, 0.29) is 11.7 Å². The number of benzene rings is 2. The number of hydrogen-bond donors (Lipinski definition) is 1. The van der Waals surface area contributed by atoms with Crippen molar-refractivity contribution in [3.05, 3.63) is 52.0 Å². The number of ketones is 1. The maximum atomic E-state index is 12.4. The molecule has 5 nitrogen and oxygen atoms in total. The minimum absolute atomic E-state index is 0.0162. The molecule has 2 aromatic carbocycles. The lowest BCUT2D eigenvalue weighted by Crippen LogP contribution is -2.17. The lowest BCUT2D eigenvalue weighted by Gasteiger charge is -2.19. The van der Waals surface area contributed by atoms with Crippen LogP contribution in [-0.2, 0) is 0 Å².